The molecule has 2 aromatic carbocycles. The number of hydrogen-bond donors (Lipinski definition) is 2. The molecule has 0 saturated carbocycles. The van der Waals surface area contributed by atoms with Crippen LogP contribution in [0.25, 0.3) is 0 Å². The van der Waals surface area contributed by atoms with Gasteiger partial charge < -0.3 is 10.6 Å². The Kier molecular flexibility index (Phi) is 6.45. The van der Waals surface area contributed by atoms with Crippen molar-refractivity contribution in [1.82, 2.24) is 4.31 Å². The smallest absolute Gasteiger partial charge is 0.332 e. The van der Waals surface area contributed by atoms with E-state index >= 15 is 0 Å². The van der Waals surface area contributed by atoms with Gasteiger partial charge in [-0.1, -0.05) is 18.6 Å². The van der Waals surface area contributed by atoms with E-state index in [9.17, 15) is 21.6 Å². The maximum Gasteiger partial charge on any atom is 0.416 e. The molecule has 0 unspecified atom stereocenters. The Morgan fingerprint density at radius 3 is 2.14 bits per heavy atom. The number of nitrogens with zero attached hydrogens (tertiary/aromatic N) is 1. The molecule has 10 heteroatoms. The number of alkyl halides is 3. The van der Waals surface area contributed by atoms with Crippen molar-refractivity contribution in [3.63, 3.8) is 0 Å². The Hall–Kier alpha value is -2.17. The van der Waals surface area contributed by atoms with Crippen LogP contribution in [-0.2, 0) is 16.2 Å². The van der Waals surface area contributed by atoms with Gasteiger partial charge in [-0.05, 0) is 61.5 Å². The first kappa shape index (κ1) is 21.5. The van der Waals surface area contributed by atoms with Gasteiger partial charge in [0.05, 0.1) is 10.5 Å². The fraction of sp³-hybridized carbons (Fsp3) is 0.316. The fourth-order valence-corrected chi connectivity index (χ4v) is 4.85. The summed E-state index contributed by atoms with van der Waals surface area (Å²) in [5, 5.41) is 5.56. The molecule has 2 aromatic rings. The zero-order valence-electron chi connectivity index (χ0n) is 15.4. The van der Waals surface area contributed by atoms with E-state index in [0.29, 0.717) is 18.8 Å². The molecule has 0 atom stereocenters. The summed E-state index contributed by atoms with van der Waals surface area (Å²) >= 11 is 5.15. The molecule has 0 amide bonds. The van der Waals surface area contributed by atoms with Crippen molar-refractivity contribution < 1.29 is 21.6 Å². The van der Waals surface area contributed by atoms with E-state index in [1.165, 1.54) is 28.6 Å². The summed E-state index contributed by atoms with van der Waals surface area (Å²) < 4.78 is 65.5. The van der Waals surface area contributed by atoms with Gasteiger partial charge >= 0.3 is 6.18 Å². The zero-order chi connectivity index (χ0) is 21.1. The van der Waals surface area contributed by atoms with E-state index < -0.39 is 21.8 Å². The molecule has 5 nitrogen and oxygen atoms in total. The van der Waals surface area contributed by atoms with E-state index in [2.05, 4.69) is 10.6 Å². The first-order valence-electron chi connectivity index (χ1n) is 9.02. The first-order valence-corrected chi connectivity index (χ1v) is 10.9. The third-order valence-electron chi connectivity index (χ3n) is 4.49. The van der Waals surface area contributed by atoms with Crippen molar-refractivity contribution >= 4 is 38.7 Å². The number of benzene rings is 2. The standard InChI is InChI=1S/C19H20F3N3O2S2/c20-19(21,22)14-6-4-7-15(12-14)23-18(28)24-16-8-5-9-17(13-16)29(26,27)25-10-2-1-3-11-25/h4-9,12-13H,1-3,10-11H2,(H2,23,24,28). The lowest BCUT2D eigenvalue weighted by Crippen LogP contribution is -2.35. The van der Waals surface area contributed by atoms with E-state index in [-0.39, 0.29) is 15.7 Å². The van der Waals surface area contributed by atoms with Gasteiger partial charge in [0.1, 0.15) is 0 Å². The molecule has 0 radical (unpaired) electrons. The number of piperidine rings is 1. The van der Waals surface area contributed by atoms with Crippen molar-refractivity contribution in [3.8, 4) is 0 Å². The van der Waals surface area contributed by atoms with Crippen molar-refractivity contribution in [2.45, 2.75) is 30.3 Å². The summed E-state index contributed by atoms with van der Waals surface area (Å²) in [5.74, 6) is 0. The summed E-state index contributed by atoms with van der Waals surface area (Å²) in [7, 11) is -3.60. The lowest BCUT2D eigenvalue weighted by molar-refractivity contribution is -0.137. The quantitative estimate of drug-likeness (QED) is 0.672. The van der Waals surface area contributed by atoms with Crippen LogP contribution in [0.2, 0.25) is 0 Å². The maximum absolute atomic E-state index is 12.8. The van der Waals surface area contributed by atoms with Gasteiger partial charge in [0, 0.05) is 24.5 Å². The van der Waals surface area contributed by atoms with Crippen LogP contribution in [0.5, 0.6) is 0 Å². The second-order valence-electron chi connectivity index (χ2n) is 6.65. The minimum absolute atomic E-state index is 0.0526. The number of hydrogen-bond acceptors (Lipinski definition) is 3. The molecule has 1 aliphatic rings. The van der Waals surface area contributed by atoms with Gasteiger partial charge in [-0.3, -0.25) is 0 Å². The van der Waals surface area contributed by atoms with E-state index in [1.807, 2.05) is 0 Å². The van der Waals surface area contributed by atoms with Crippen LogP contribution in [0.15, 0.2) is 53.4 Å². The highest BCUT2D eigenvalue weighted by Crippen LogP contribution is 2.30. The molecule has 1 saturated heterocycles. The van der Waals surface area contributed by atoms with Crippen LogP contribution in [0, 0.1) is 0 Å². The maximum atomic E-state index is 12.8. The third-order valence-corrected chi connectivity index (χ3v) is 6.59. The van der Waals surface area contributed by atoms with Gasteiger partial charge in [0.25, 0.3) is 0 Å². The Morgan fingerprint density at radius 1 is 0.931 bits per heavy atom. The van der Waals surface area contributed by atoms with E-state index in [1.54, 1.807) is 12.1 Å². The van der Waals surface area contributed by atoms with Crippen LogP contribution in [0.1, 0.15) is 24.8 Å². The highest BCUT2D eigenvalue weighted by atomic mass is 32.2. The van der Waals surface area contributed by atoms with Crippen LogP contribution < -0.4 is 10.6 Å². The largest absolute Gasteiger partial charge is 0.416 e. The number of thiocarbonyl (C=S) groups is 1. The highest BCUT2D eigenvalue weighted by Gasteiger charge is 2.30. The number of halogens is 3. The predicted octanol–water partition coefficient (Wildman–Crippen LogP) is 4.69. The number of rotatable bonds is 4. The van der Waals surface area contributed by atoms with E-state index in [0.717, 1.165) is 31.4 Å². The lowest BCUT2D eigenvalue weighted by Gasteiger charge is -2.26. The molecule has 0 spiro atoms. The van der Waals surface area contributed by atoms with Gasteiger partial charge in [-0.15, -0.1) is 0 Å². The number of nitrogens with one attached hydrogen (secondary N) is 2. The van der Waals surface area contributed by atoms with Gasteiger partial charge in [0.2, 0.25) is 10.0 Å². The highest BCUT2D eigenvalue weighted by molar-refractivity contribution is 7.89. The molecule has 156 valence electrons. The Labute approximate surface area is 173 Å². The molecule has 0 bridgehead atoms. The molecule has 2 N–H and O–H groups in total. The Balaban J connectivity index is 1.71. The summed E-state index contributed by atoms with van der Waals surface area (Å²) in [6.45, 7) is 0.991. The Morgan fingerprint density at radius 2 is 1.52 bits per heavy atom. The van der Waals surface area contributed by atoms with Crippen molar-refractivity contribution in [2.75, 3.05) is 23.7 Å². The summed E-state index contributed by atoms with van der Waals surface area (Å²) in [5.41, 5.74) is -0.193. The molecule has 3 rings (SSSR count). The zero-order valence-corrected chi connectivity index (χ0v) is 17.0. The molecular weight excluding hydrogens is 423 g/mol. The van der Waals surface area contributed by atoms with Crippen LogP contribution in [0.4, 0.5) is 24.5 Å². The van der Waals surface area contributed by atoms with Gasteiger partial charge in [0.15, 0.2) is 5.11 Å². The molecule has 0 aliphatic carbocycles. The molecule has 1 aliphatic heterocycles. The van der Waals surface area contributed by atoms with Crippen molar-refractivity contribution in [2.24, 2.45) is 0 Å². The van der Waals surface area contributed by atoms with Crippen LogP contribution in [0.3, 0.4) is 0 Å². The second kappa shape index (κ2) is 8.68. The molecular formula is C19H20F3N3O2S2. The van der Waals surface area contributed by atoms with Crippen molar-refractivity contribution in [1.29, 1.82) is 0 Å². The average molecular weight is 444 g/mol. The summed E-state index contributed by atoms with van der Waals surface area (Å²) in [6, 6.07) is 10.9. The van der Waals surface area contributed by atoms with Crippen LogP contribution in [-0.4, -0.2) is 30.9 Å². The summed E-state index contributed by atoms with van der Waals surface area (Å²) in [6.07, 6.45) is -1.77. The second-order valence-corrected chi connectivity index (χ2v) is 9.00. The minimum Gasteiger partial charge on any atom is -0.332 e. The fourth-order valence-electron chi connectivity index (χ4n) is 3.06. The molecule has 29 heavy (non-hydrogen) atoms. The molecule has 0 aromatic heterocycles. The monoisotopic (exact) mass is 443 g/mol. The van der Waals surface area contributed by atoms with E-state index in [4.69, 9.17) is 12.2 Å². The topological polar surface area (TPSA) is 61.4 Å². The minimum atomic E-state index is -4.45. The lowest BCUT2D eigenvalue weighted by atomic mass is 10.2. The molecule has 1 fully saturated rings. The SMILES string of the molecule is O=S(=O)(c1cccc(NC(=S)Nc2cccc(C(F)(F)F)c2)c1)N1CCCCC1. The van der Waals surface area contributed by atoms with Crippen molar-refractivity contribution in [3.05, 3.63) is 54.1 Å². The number of sulfonamides is 1. The van der Waals surface area contributed by atoms with Gasteiger partial charge in [-0.25, -0.2) is 8.42 Å². The number of anilines is 2. The average Bonchev–Trinajstić information content (AvgIpc) is 2.68. The van der Waals surface area contributed by atoms with Crippen LogP contribution >= 0.6 is 12.2 Å². The Bertz CT molecular complexity index is 988. The first-order chi connectivity index (χ1) is 13.7. The van der Waals surface area contributed by atoms with Gasteiger partial charge in [-0.2, -0.15) is 17.5 Å². The summed E-state index contributed by atoms with van der Waals surface area (Å²) in [4.78, 5) is 0.145. The normalized spacial score (nSPS) is 15.7. The third kappa shape index (κ3) is 5.46. The molecule has 1 heterocycles. The predicted molar refractivity (Wildman–Crippen MR) is 110 cm³/mol.